The number of para-hydroxylation sites is 1. The molecule has 5 nitrogen and oxygen atoms in total. The third-order valence-corrected chi connectivity index (χ3v) is 3.46. The molecule has 0 heterocycles. The van der Waals surface area contributed by atoms with Crippen LogP contribution in [0, 0.1) is 6.92 Å². The fourth-order valence-corrected chi connectivity index (χ4v) is 2.07. The minimum atomic E-state index is -0.848. The average Bonchev–Trinajstić information content (AvgIpc) is 2.55. The van der Waals surface area contributed by atoms with E-state index >= 15 is 0 Å². The Morgan fingerprint density at radius 1 is 1.13 bits per heavy atom. The number of aryl methyl sites for hydroxylation is 1. The highest BCUT2D eigenvalue weighted by Gasteiger charge is 2.22. The highest BCUT2D eigenvalue weighted by Crippen LogP contribution is 2.15. The first-order valence-electron chi connectivity index (χ1n) is 7.44. The van der Waals surface area contributed by atoms with Crippen LogP contribution in [-0.2, 0) is 9.53 Å². The number of carbonyl (C=O) groups is 2. The van der Waals surface area contributed by atoms with Crippen molar-refractivity contribution in [3.05, 3.63) is 59.7 Å². The van der Waals surface area contributed by atoms with Crippen molar-refractivity contribution >= 4 is 23.3 Å². The molecule has 0 spiro atoms. The zero-order valence-corrected chi connectivity index (χ0v) is 13.2. The summed E-state index contributed by atoms with van der Waals surface area (Å²) in [7, 11) is 0. The number of nitrogen functional groups attached to an aromatic ring is 1. The van der Waals surface area contributed by atoms with Crippen molar-refractivity contribution in [1.82, 2.24) is 0 Å². The van der Waals surface area contributed by atoms with E-state index in [0.29, 0.717) is 23.4 Å². The summed E-state index contributed by atoms with van der Waals surface area (Å²) in [6.07, 6.45) is -0.460. The molecule has 1 atom stereocenters. The summed E-state index contributed by atoms with van der Waals surface area (Å²) in [6, 6.07) is 13.8. The van der Waals surface area contributed by atoms with Gasteiger partial charge in [-0.15, -0.1) is 0 Å². The minimum Gasteiger partial charge on any atom is -0.449 e. The Labute approximate surface area is 135 Å². The van der Waals surface area contributed by atoms with E-state index in [2.05, 4.69) is 5.32 Å². The van der Waals surface area contributed by atoms with Crippen LogP contribution < -0.4 is 11.1 Å². The number of amides is 1. The average molecular weight is 312 g/mol. The van der Waals surface area contributed by atoms with Crippen LogP contribution in [0.5, 0.6) is 0 Å². The van der Waals surface area contributed by atoms with Crippen LogP contribution in [-0.4, -0.2) is 18.0 Å². The van der Waals surface area contributed by atoms with E-state index < -0.39 is 12.1 Å². The normalized spacial score (nSPS) is 11.6. The summed E-state index contributed by atoms with van der Waals surface area (Å²) in [5, 5.41) is 2.79. The molecule has 120 valence electrons. The number of rotatable bonds is 5. The molecule has 2 rings (SSSR count). The number of ether oxygens (including phenoxy) is 1. The number of nitrogens with two attached hydrogens (primary N) is 1. The largest absolute Gasteiger partial charge is 0.449 e. The van der Waals surface area contributed by atoms with Gasteiger partial charge in [-0.2, -0.15) is 0 Å². The second-order valence-corrected chi connectivity index (χ2v) is 5.23. The Hall–Kier alpha value is -2.82. The lowest BCUT2D eigenvalue weighted by Gasteiger charge is -2.17. The van der Waals surface area contributed by atoms with Crippen molar-refractivity contribution < 1.29 is 14.3 Å². The van der Waals surface area contributed by atoms with Crippen LogP contribution in [0.15, 0.2) is 48.5 Å². The van der Waals surface area contributed by atoms with Gasteiger partial charge in [0, 0.05) is 11.4 Å². The molecular weight excluding hydrogens is 292 g/mol. The van der Waals surface area contributed by atoms with E-state index in [-0.39, 0.29) is 5.91 Å². The minimum absolute atomic E-state index is 0.342. The molecule has 0 aliphatic rings. The third-order valence-electron chi connectivity index (χ3n) is 3.46. The molecule has 0 radical (unpaired) electrons. The van der Waals surface area contributed by atoms with Gasteiger partial charge in [-0.3, -0.25) is 4.79 Å². The van der Waals surface area contributed by atoms with Crippen LogP contribution in [0.25, 0.3) is 0 Å². The fourth-order valence-electron chi connectivity index (χ4n) is 2.07. The Morgan fingerprint density at radius 3 is 2.39 bits per heavy atom. The van der Waals surface area contributed by atoms with E-state index in [1.807, 2.05) is 31.2 Å². The molecule has 0 saturated carbocycles. The molecule has 2 aromatic carbocycles. The molecule has 0 aliphatic carbocycles. The van der Waals surface area contributed by atoms with Crippen LogP contribution >= 0.6 is 0 Å². The topological polar surface area (TPSA) is 81.4 Å². The first kappa shape index (κ1) is 16.5. The second kappa shape index (κ2) is 7.45. The predicted molar refractivity (Wildman–Crippen MR) is 90.2 cm³/mol. The summed E-state index contributed by atoms with van der Waals surface area (Å²) in [5.74, 6) is -0.887. The molecule has 0 aromatic heterocycles. The number of benzene rings is 2. The van der Waals surface area contributed by atoms with Crippen molar-refractivity contribution in [1.29, 1.82) is 0 Å². The highest BCUT2D eigenvalue weighted by atomic mass is 16.5. The molecule has 0 aliphatic heterocycles. The lowest BCUT2D eigenvalue weighted by molar-refractivity contribution is -0.124. The smallest absolute Gasteiger partial charge is 0.338 e. The Balaban J connectivity index is 2.04. The SMILES string of the molecule is CCC(OC(=O)c1ccc(N)cc1)C(=O)Nc1ccccc1C. The van der Waals surface area contributed by atoms with Crippen molar-refractivity contribution in [2.24, 2.45) is 0 Å². The van der Waals surface area contributed by atoms with Crippen molar-refractivity contribution in [2.75, 3.05) is 11.1 Å². The molecule has 23 heavy (non-hydrogen) atoms. The van der Waals surface area contributed by atoms with E-state index in [9.17, 15) is 9.59 Å². The van der Waals surface area contributed by atoms with Gasteiger partial charge in [-0.05, 0) is 49.2 Å². The van der Waals surface area contributed by atoms with Gasteiger partial charge in [0.25, 0.3) is 5.91 Å². The quantitative estimate of drug-likeness (QED) is 0.656. The molecule has 2 aromatic rings. The fraction of sp³-hybridized carbons (Fsp3) is 0.222. The van der Waals surface area contributed by atoms with Crippen molar-refractivity contribution in [3.63, 3.8) is 0 Å². The van der Waals surface area contributed by atoms with Gasteiger partial charge < -0.3 is 15.8 Å². The maximum Gasteiger partial charge on any atom is 0.338 e. The standard InChI is InChI=1S/C18H20N2O3/c1-3-16(17(21)20-15-7-5-4-6-12(15)2)23-18(22)13-8-10-14(19)11-9-13/h4-11,16H,3,19H2,1-2H3,(H,20,21). The van der Waals surface area contributed by atoms with Gasteiger partial charge >= 0.3 is 5.97 Å². The van der Waals surface area contributed by atoms with Gasteiger partial charge in [0.15, 0.2) is 6.10 Å². The monoisotopic (exact) mass is 312 g/mol. The first-order chi connectivity index (χ1) is 11.0. The number of hydrogen-bond acceptors (Lipinski definition) is 4. The van der Waals surface area contributed by atoms with Gasteiger partial charge in [0.2, 0.25) is 0 Å². The predicted octanol–water partition coefficient (Wildman–Crippen LogP) is 3.15. The first-order valence-corrected chi connectivity index (χ1v) is 7.44. The number of nitrogens with one attached hydrogen (secondary N) is 1. The van der Waals surface area contributed by atoms with E-state index in [1.165, 1.54) is 0 Å². The molecule has 0 saturated heterocycles. The maximum atomic E-state index is 12.3. The van der Waals surface area contributed by atoms with Crippen LogP contribution in [0.4, 0.5) is 11.4 Å². The molecule has 1 unspecified atom stereocenters. The van der Waals surface area contributed by atoms with Gasteiger partial charge in [-0.25, -0.2) is 4.79 Å². The van der Waals surface area contributed by atoms with Crippen molar-refractivity contribution in [2.45, 2.75) is 26.4 Å². The highest BCUT2D eigenvalue weighted by molar-refractivity contribution is 5.98. The summed E-state index contributed by atoms with van der Waals surface area (Å²) in [4.78, 5) is 24.4. The molecule has 5 heteroatoms. The third kappa shape index (κ3) is 4.32. The number of anilines is 2. The molecule has 3 N–H and O–H groups in total. The summed E-state index contributed by atoms with van der Waals surface area (Å²) >= 11 is 0. The zero-order valence-electron chi connectivity index (χ0n) is 13.2. The van der Waals surface area contributed by atoms with Gasteiger partial charge in [0.05, 0.1) is 5.56 Å². The number of esters is 1. The molecule has 0 bridgehead atoms. The van der Waals surface area contributed by atoms with Crippen molar-refractivity contribution in [3.8, 4) is 0 Å². The van der Waals surface area contributed by atoms with Gasteiger partial charge in [0.1, 0.15) is 0 Å². The summed E-state index contributed by atoms with van der Waals surface area (Å²) in [6.45, 7) is 3.69. The number of carbonyl (C=O) groups excluding carboxylic acids is 2. The molecule has 1 amide bonds. The van der Waals surface area contributed by atoms with E-state index in [4.69, 9.17) is 10.5 Å². The molecule has 0 fully saturated rings. The Bertz CT molecular complexity index is 696. The van der Waals surface area contributed by atoms with Crippen LogP contribution in [0.1, 0.15) is 29.3 Å². The second-order valence-electron chi connectivity index (χ2n) is 5.23. The Morgan fingerprint density at radius 2 is 1.78 bits per heavy atom. The Kier molecular flexibility index (Phi) is 5.36. The van der Waals surface area contributed by atoms with E-state index in [1.54, 1.807) is 31.2 Å². The molecular formula is C18H20N2O3. The van der Waals surface area contributed by atoms with Crippen LogP contribution in [0.2, 0.25) is 0 Å². The van der Waals surface area contributed by atoms with Crippen LogP contribution in [0.3, 0.4) is 0 Å². The number of hydrogen-bond donors (Lipinski definition) is 2. The maximum absolute atomic E-state index is 12.3. The lowest BCUT2D eigenvalue weighted by atomic mass is 10.1. The lowest BCUT2D eigenvalue weighted by Crippen LogP contribution is -2.32. The zero-order chi connectivity index (χ0) is 16.8. The van der Waals surface area contributed by atoms with E-state index in [0.717, 1.165) is 5.56 Å². The summed E-state index contributed by atoms with van der Waals surface area (Å²) < 4.78 is 5.31. The van der Waals surface area contributed by atoms with Gasteiger partial charge in [-0.1, -0.05) is 25.1 Å². The summed E-state index contributed by atoms with van der Waals surface area (Å²) in [5.41, 5.74) is 8.16.